The van der Waals surface area contributed by atoms with Crippen molar-refractivity contribution in [2.24, 2.45) is 5.92 Å². The minimum Gasteiger partial charge on any atom is -0.480 e. The number of carboxylic acid groups (broad SMARTS) is 1. The van der Waals surface area contributed by atoms with Crippen LogP contribution in [0, 0.1) is 5.92 Å². The SMILES string of the molecule is CCCCCOCC(=O)NC(C(=O)O)C1CCCOC1. The normalized spacial score (nSPS) is 20.4. The zero-order chi connectivity index (χ0) is 14.8. The molecule has 1 rings (SSSR count). The topological polar surface area (TPSA) is 84.9 Å². The Balaban J connectivity index is 2.29. The molecule has 0 aromatic rings. The summed E-state index contributed by atoms with van der Waals surface area (Å²) in [6.07, 6.45) is 4.67. The first-order valence-electron chi connectivity index (χ1n) is 7.32. The van der Waals surface area contributed by atoms with Crippen LogP contribution in [0.2, 0.25) is 0 Å². The number of carboxylic acids is 1. The Hall–Kier alpha value is -1.14. The molecule has 1 aliphatic heterocycles. The minimum absolute atomic E-state index is 0.0823. The number of carbonyl (C=O) groups is 2. The Labute approximate surface area is 119 Å². The van der Waals surface area contributed by atoms with E-state index in [-0.39, 0.29) is 18.4 Å². The summed E-state index contributed by atoms with van der Waals surface area (Å²) in [7, 11) is 0. The number of aliphatic carboxylic acids is 1. The molecule has 1 aliphatic rings. The summed E-state index contributed by atoms with van der Waals surface area (Å²) in [4.78, 5) is 22.9. The Morgan fingerprint density at radius 3 is 2.85 bits per heavy atom. The number of carbonyl (C=O) groups excluding carboxylic acids is 1. The maximum Gasteiger partial charge on any atom is 0.326 e. The summed E-state index contributed by atoms with van der Waals surface area (Å²) in [5, 5.41) is 11.7. The molecule has 0 spiro atoms. The van der Waals surface area contributed by atoms with Crippen molar-refractivity contribution in [1.82, 2.24) is 5.32 Å². The predicted octanol–water partition coefficient (Wildman–Crippen LogP) is 1.19. The first-order chi connectivity index (χ1) is 9.65. The maximum absolute atomic E-state index is 11.7. The monoisotopic (exact) mass is 287 g/mol. The molecule has 1 heterocycles. The second-order valence-corrected chi connectivity index (χ2v) is 5.12. The average Bonchev–Trinajstić information content (AvgIpc) is 2.45. The fourth-order valence-electron chi connectivity index (χ4n) is 2.24. The van der Waals surface area contributed by atoms with Crippen LogP contribution in [0.4, 0.5) is 0 Å². The van der Waals surface area contributed by atoms with E-state index in [1.165, 1.54) is 0 Å². The van der Waals surface area contributed by atoms with Crippen LogP contribution in [0.3, 0.4) is 0 Å². The minimum atomic E-state index is -1.01. The molecule has 6 heteroatoms. The van der Waals surface area contributed by atoms with E-state index in [2.05, 4.69) is 12.2 Å². The molecule has 0 aromatic carbocycles. The van der Waals surface area contributed by atoms with E-state index in [9.17, 15) is 14.7 Å². The molecule has 0 bridgehead atoms. The molecule has 2 N–H and O–H groups in total. The second-order valence-electron chi connectivity index (χ2n) is 5.12. The lowest BCUT2D eigenvalue weighted by molar-refractivity contribution is -0.145. The van der Waals surface area contributed by atoms with Crippen LogP contribution < -0.4 is 5.32 Å². The molecule has 0 aromatic heterocycles. The molecule has 2 atom stereocenters. The van der Waals surface area contributed by atoms with Gasteiger partial charge < -0.3 is 19.9 Å². The van der Waals surface area contributed by atoms with E-state index >= 15 is 0 Å². The number of unbranched alkanes of at least 4 members (excludes halogenated alkanes) is 2. The summed E-state index contributed by atoms with van der Waals surface area (Å²) in [6, 6.07) is -0.887. The highest BCUT2D eigenvalue weighted by Crippen LogP contribution is 2.17. The summed E-state index contributed by atoms with van der Waals surface area (Å²) < 4.78 is 10.5. The molecule has 20 heavy (non-hydrogen) atoms. The van der Waals surface area contributed by atoms with Gasteiger partial charge in [-0.25, -0.2) is 4.79 Å². The maximum atomic E-state index is 11.7. The van der Waals surface area contributed by atoms with Gasteiger partial charge in [0.2, 0.25) is 5.91 Å². The Morgan fingerprint density at radius 1 is 1.45 bits per heavy atom. The Kier molecular flexibility index (Phi) is 8.22. The molecule has 0 saturated carbocycles. The van der Waals surface area contributed by atoms with Gasteiger partial charge in [-0.1, -0.05) is 19.8 Å². The highest BCUT2D eigenvalue weighted by molar-refractivity contribution is 5.84. The first-order valence-corrected chi connectivity index (χ1v) is 7.32. The summed E-state index contributed by atoms with van der Waals surface area (Å²) >= 11 is 0. The van der Waals surface area contributed by atoms with E-state index in [4.69, 9.17) is 9.47 Å². The Bertz CT molecular complexity index is 302. The van der Waals surface area contributed by atoms with Gasteiger partial charge in [0.15, 0.2) is 0 Å². The van der Waals surface area contributed by atoms with Crippen LogP contribution >= 0.6 is 0 Å². The summed E-state index contributed by atoms with van der Waals surface area (Å²) in [6.45, 7) is 3.59. The molecular formula is C14H25NO5. The summed E-state index contributed by atoms with van der Waals surface area (Å²) in [5.41, 5.74) is 0. The third-order valence-electron chi connectivity index (χ3n) is 3.37. The number of hydrogen-bond donors (Lipinski definition) is 2. The molecule has 1 amide bonds. The van der Waals surface area contributed by atoms with Gasteiger partial charge in [-0.05, 0) is 19.3 Å². The van der Waals surface area contributed by atoms with Crippen molar-refractivity contribution >= 4 is 11.9 Å². The lowest BCUT2D eigenvalue weighted by Crippen LogP contribution is -2.49. The van der Waals surface area contributed by atoms with Gasteiger partial charge in [0.25, 0.3) is 0 Å². The molecule has 2 unspecified atom stereocenters. The van der Waals surface area contributed by atoms with E-state index in [0.29, 0.717) is 19.8 Å². The highest BCUT2D eigenvalue weighted by Gasteiger charge is 2.31. The molecule has 1 saturated heterocycles. The van der Waals surface area contributed by atoms with Crippen molar-refractivity contribution in [3.8, 4) is 0 Å². The van der Waals surface area contributed by atoms with Gasteiger partial charge >= 0.3 is 5.97 Å². The molecule has 1 fully saturated rings. The lowest BCUT2D eigenvalue weighted by atomic mass is 9.94. The quantitative estimate of drug-likeness (QED) is 0.622. The van der Waals surface area contributed by atoms with E-state index in [1.807, 2.05) is 0 Å². The van der Waals surface area contributed by atoms with E-state index < -0.39 is 12.0 Å². The fourth-order valence-corrected chi connectivity index (χ4v) is 2.24. The fraction of sp³-hybridized carbons (Fsp3) is 0.857. The Morgan fingerprint density at radius 2 is 2.25 bits per heavy atom. The van der Waals surface area contributed by atoms with Crippen LogP contribution in [0.5, 0.6) is 0 Å². The van der Waals surface area contributed by atoms with Gasteiger partial charge in [-0.15, -0.1) is 0 Å². The van der Waals surface area contributed by atoms with Gasteiger partial charge in [-0.2, -0.15) is 0 Å². The first kappa shape index (κ1) is 16.9. The van der Waals surface area contributed by atoms with Crippen molar-refractivity contribution in [2.45, 2.75) is 45.1 Å². The van der Waals surface area contributed by atoms with Gasteiger partial charge in [-0.3, -0.25) is 4.79 Å². The largest absolute Gasteiger partial charge is 0.480 e. The van der Waals surface area contributed by atoms with Crippen LogP contribution in [-0.2, 0) is 19.1 Å². The van der Waals surface area contributed by atoms with Gasteiger partial charge in [0, 0.05) is 19.1 Å². The van der Waals surface area contributed by atoms with Crippen LogP contribution in [0.25, 0.3) is 0 Å². The number of amides is 1. The van der Waals surface area contributed by atoms with Crippen LogP contribution in [0.15, 0.2) is 0 Å². The van der Waals surface area contributed by atoms with Crippen LogP contribution in [-0.4, -0.2) is 49.5 Å². The highest BCUT2D eigenvalue weighted by atomic mass is 16.5. The van der Waals surface area contributed by atoms with Crippen molar-refractivity contribution in [3.63, 3.8) is 0 Å². The zero-order valence-electron chi connectivity index (χ0n) is 12.1. The zero-order valence-corrected chi connectivity index (χ0v) is 12.1. The number of rotatable bonds is 9. The van der Waals surface area contributed by atoms with Crippen molar-refractivity contribution in [1.29, 1.82) is 0 Å². The van der Waals surface area contributed by atoms with E-state index in [1.54, 1.807) is 0 Å². The molecule has 0 radical (unpaired) electrons. The van der Waals surface area contributed by atoms with Gasteiger partial charge in [0.1, 0.15) is 12.6 Å². The molecular weight excluding hydrogens is 262 g/mol. The van der Waals surface area contributed by atoms with Crippen LogP contribution in [0.1, 0.15) is 39.0 Å². The predicted molar refractivity (Wildman–Crippen MR) is 73.5 cm³/mol. The number of hydrogen-bond acceptors (Lipinski definition) is 4. The molecule has 116 valence electrons. The molecule has 6 nitrogen and oxygen atoms in total. The average molecular weight is 287 g/mol. The molecule has 0 aliphatic carbocycles. The van der Waals surface area contributed by atoms with Gasteiger partial charge in [0.05, 0.1) is 6.61 Å². The third kappa shape index (κ3) is 6.34. The second kappa shape index (κ2) is 9.72. The van der Waals surface area contributed by atoms with E-state index in [0.717, 1.165) is 32.1 Å². The van der Waals surface area contributed by atoms with Crippen molar-refractivity contribution in [3.05, 3.63) is 0 Å². The van der Waals surface area contributed by atoms with Crippen molar-refractivity contribution in [2.75, 3.05) is 26.4 Å². The standard InChI is InChI=1S/C14H25NO5/c1-2-3-4-7-20-10-12(16)15-13(14(17)18)11-6-5-8-19-9-11/h11,13H,2-10H2,1H3,(H,15,16)(H,17,18). The number of ether oxygens (including phenoxy) is 2. The lowest BCUT2D eigenvalue weighted by Gasteiger charge is -2.28. The number of nitrogens with one attached hydrogen (secondary N) is 1. The summed E-state index contributed by atoms with van der Waals surface area (Å²) in [5.74, 6) is -1.55. The smallest absolute Gasteiger partial charge is 0.326 e. The van der Waals surface area contributed by atoms with Crippen molar-refractivity contribution < 1.29 is 24.2 Å². The third-order valence-corrected chi connectivity index (χ3v) is 3.37.